The van der Waals surface area contributed by atoms with E-state index in [1.54, 1.807) is 12.1 Å². The molecule has 0 saturated carbocycles. The molecule has 1 aliphatic heterocycles. The number of hydrogen-bond donors (Lipinski definition) is 3. The summed E-state index contributed by atoms with van der Waals surface area (Å²) in [5.74, 6) is 0.319. The number of rotatable bonds is 6. The second-order valence-corrected chi connectivity index (χ2v) is 7.53. The van der Waals surface area contributed by atoms with Gasteiger partial charge >= 0.3 is 0 Å². The van der Waals surface area contributed by atoms with Gasteiger partial charge in [0, 0.05) is 53.5 Å². The van der Waals surface area contributed by atoms with Crippen molar-refractivity contribution in [2.75, 3.05) is 25.0 Å². The van der Waals surface area contributed by atoms with Crippen LogP contribution < -0.4 is 21.5 Å². The minimum absolute atomic E-state index is 0.290. The van der Waals surface area contributed by atoms with E-state index in [9.17, 15) is 0 Å². The summed E-state index contributed by atoms with van der Waals surface area (Å²) in [5, 5.41) is 3.66. The third-order valence-electron chi connectivity index (χ3n) is 5.34. The van der Waals surface area contributed by atoms with Gasteiger partial charge in [0.1, 0.15) is 11.6 Å². The maximum Gasteiger partial charge on any atom is 0.150 e. The molecule has 29 heavy (non-hydrogen) atoms. The molecule has 0 amide bonds. The molecule has 4 rings (SSSR count). The molecule has 1 heterocycles. The molecule has 3 aromatic carbocycles. The van der Waals surface area contributed by atoms with E-state index in [0.29, 0.717) is 47.1 Å². The lowest BCUT2D eigenvalue weighted by molar-refractivity contribution is 0.103. The van der Waals surface area contributed by atoms with Crippen LogP contribution in [0.4, 0.5) is 10.1 Å². The number of ether oxygens (including phenoxy) is 1. The summed E-state index contributed by atoms with van der Waals surface area (Å²) in [4.78, 5) is 0. The van der Waals surface area contributed by atoms with Crippen LogP contribution in [-0.2, 0) is 12.0 Å². The van der Waals surface area contributed by atoms with Crippen LogP contribution in [0.1, 0.15) is 11.1 Å². The molecule has 0 aliphatic carbocycles. The molecular weight excluding hydrogens is 389 g/mol. The van der Waals surface area contributed by atoms with Crippen LogP contribution in [0.2, 0.25) is 5.02 Å². The lowest BCUT2D eigenvalue weighted by Gasteiger charge is -2.27. The van der Waals surface area contributed by atoms with Gasteiger partial charge in [-0.05, 0) is 29.8 Å². The van der Waals surface area contributed by atoms with Crippen molar-refractivity contribution in [1.29, 1.82) is 0 Å². The van der Waals surface area contributed by atoms with E-state index in [-0.39, 0.29) is 12.4 Å². The maximum absolute atomic E-state index is 15.0. The second kappa shape index (κ2) is 8.03. The van der Waals surface area contributed by atoms with Crippen molar-refractivity contribution in [3.05, 3.63) is 82.6 Å². The highest BCUT2D eigenvalue weighted by atomic mass is 35.5. The number of halogens is 2. The van der Waals surface area contributed by atoms with Crippen molar-refractivity contribution in [3.8, 4) is 16.9 Å². The summed E-state index contributed by atoms with van der Waals surface area (Å²) in [5.41, 5.74) is 14.6. The van der Waals surface area contributed by atoms with Gasteiger partial charge in [0.15, 0.2) is 5.60 Å². The Hall–Kier alpha value is -2.60. The third-order valence-corrected chi connectivity index (χ3v) is 5.65. The normalized spacial score (nSPS) is 17.7. The molecule has 150 valence electrons. The van der Waals surface area contributed by atoms with Crippen molar-refractivity contribution in [2.45, 2.75) is 12.0 Å². The van der Waals surface area contributed by atoms with Crippen molar-refractivity contribution in [1.82, 2.24) is 0 Å². The zero-order valence-electron chi connectivity index (χ0n) is 15.9. The molecule has 0 radical (unpaired) electrons. The molecule has 6 heteroatoms. The Morgan fingerprint density at radius 1 is 1.00 bits per heavy atom. The third kappa shape index (κ3) is 3.46. The summed E-state index contributed by atoms with van der Waals surface area (Å²) in [6, 6.07) is 18.4. The van der Waals surface area contributed by atoms with Gasteiger partial charge in [-0.15, -0.1) is 0 Å². The van der Waals surface area contributed by atoms with E-state index in [4.69, 9.17) is 27.8 Å². The van der Waals surface area contributed by atoms with E-state index in [1.165, 1.54) is 6.07 Å². The number of nitrogens with one attached hydrogen (secondary N) is 1. The first-order valence-corrected chi connectivity index (χ1v) is 9.96. The Morgan fingerprint density at radius 2 is 1.79 bits per heavy atom. The first-order chi connectivity index (χ1) is 14.1. The molecule has 4 nitrogen and oxygen atoms in total. The Balaban J connectivity index is 1.87. The fourth-order valence-corrected chi connectivity index (χ4v) is 4.21. The number of nitrogens with two attached hydrogens (primary N) is 2. The average Bonchev–Trinajstić information content (AvgIpc) is 3.14. The smallest absolute Gasteiger partial charge is 0.150 e. The highest BCUT2D eigenvalue weighted by Gasteiger charge is 2.42. The molecule has 0 fully saturated rings. The van der Waals surface area contributed by atoms with Gasteiger partial charge < -0.3 is 21.5 Å². The minimum atomic E-state index is -0.709. The van der Waals surface area contributed by atoms with Gasteiger partial charge in [-0.2, -0.15) is 0 Å². The zero-order valence-corrected chi connectivity index (χ0v) is 16.7. The Bertz CT molecular complexity index is 1030. The summed E-state index contributed by atoms with van der Waals surface area (Å²) in [6.45, 7) is 1.25. The molecule has 1 aliphatic rings. The second-order valence-electron chi connectivity index (χ2n) is 7.12. The summed E-state index contributed by atoms with van der Waals surface area (Å²) in [6.07, 6.45) is 0.503. The van der Waals surface area contributed by atoms with Gasteiger partial charge in [-0.3, -0.25) is 0 Å². The first kappa shape index (κ1) is 19.7. The zero-order chi connectivity index (χ0) is 20.4. The Morgan fingerprint density at radius 3 is 2.52 bits per heavy atom. The Kier molecular flexibility index (Phi) is 5.46. The van der Waals surface area contributed by atoms with Crippen molar-refractivity contribution in [3.63, 3.8) is 0 Å². The van der Waals surface area contributed by atoms with Gasteiger partial charge in [-0.25, -0.2) is 4.39 Å². The monoisotopic (exact) mass is 411 g/mol. The lowest BCUT2D eigenvalue weighted by Crippen LogP contribution is -2.39. The topological polar surface area (TPSA) is 73.3 Å². The molecule has 0 unspecified atom stereocenters. The van der Waals surface area contributed by atoms with Crippen molar-refractivity contribution < 1.29 is 9.13 Å². The van der Waals surface area contributed by atoms with Crippen LogP contribution >= 0.6 is 11.6 Å². The van der Waals surface area contributed by atoms with Gasteiger partial charge in [0.05, 0.1) is 0 Å². The predicted molar refractivity (Wildman–Crippen MR) is 116 cm³/mol. The summed E-state index contributed by atoms with van der Waals surface area (Å²) < 4.78 is 21.4. The molecular formula is C23H23ClFN3O. The van der Waals surface area contributed by atoms with Crippen molar-refractivity contribution >= 4 is 17.3 Å². The number of benzene rings is 3. The van der Waals surface area contributed by atoms with Crippen molar-refractivity contribution in [2.24, 2.45) is 11.5 Å². The van der Waals surface area contributed by atoms with E-state index in [1.807, 2.05) is 42.5 Å². The van der Waals surface area contributed by atoms with Gasteiger partial charge in [0.2, 0.25) is 0 Å². The van der Waals surface area contributed by atoms with Crippen LogP contribution in [0.15, 0.2) is 60.7 Å². The van der Waals surface area contributed by atoms with Crippen LogP contribution in [0.3, 0.4) is 0 Å². The van der Waals surface area contributed by atoms with E-state index in [2.05, 4.69) is 5.32 Å². The van der Waals surface area contributed by atoms with Gasteiger partial charge in [-0.1, -0.05) is 48.0 Å². The standard InChI is InChI=1S/C23H23ClFN3O/c24-17-9-10-20-16(13-23(14-27,29-20)15-5-2-1-3-6-15)21(17)22-18(25)7-4-8-19(22)28-12-11-26/h1-10,28H,11-14,26-27H2/t23-/m0/s1. The van der Waals surface area contributed by atoms with Gasteiger partial charge in [0.25, 0.3) is 0 Å². The number of hydrogen-bond acceptors (Lipinski definition) is 4. The predicted octanol–water partition coefficient (Wildman–Crippen LogP) is 4.31. The Labute approximate surface area is 174 Å². The molecule has 1 atom stereocenters. The number of anilines is 1. The van der Waals surface area contributed by atoms with E-state index in [0.717, 1.165) is 11.1 Å². The molecule has 0 aromatic heterocycles. The summed E-state index contributed by atoms with van der Waals surface area (Å²) in [7, 11) is 0. The summed E-state index contributed by atoms with van der Waals surface area (Å²) >= 11 is 6.60. The lowest BCUT2D eigenvalue weighted by atomic mass is 9.86. The van der Waals surface area contributed by atoms with E-state index >= 15 is 4.39 Å². The average molecular weight is 412 g/mol. The molecule has 0 spiro atoms. The maximum atomic E-state index is 15.0. The van der Waals surface area contributed by atoms with Crippen LogP contribution in [0.25, 0.3) is 11.1 Å². The molecule has 5 N–H and O–H groups in total. The molecule has 0 bridgehead atoms. The fourth-order valence-electron chi connectivity index (χ4n) is 3.94. The molecule has 0 saturated heterocycles. The number of fused-ring (bicyclic) bond motifs is 1. The van der Waals surface area contributed by atoms with Crippen LogP contribution in [0, 0.1) is 5.82 Å². The first-order valence-electron chi connectivity index (χ1n) is 9.58. The largest absolute Gasteiger partial charge is 0.481 e. The fraction of sp³-hybridized carbons (Fsp3) is 0.217. The van der Waals surface area contributed by atoms with Crippen LogP contribution in [0.5, 0.6) is 5.75 Å². The van der Waals surface area contributed by atoms with Crippen LogP contribution in [-0.4, -0.2) is 19.6 Å². The highest BCUT2D eigenvalue weighted by Crippen LogP contribution is 2.49. The quantitative estimate of drug-likeness (QED) is 0.565. The molecule has 3 aromatic rings. The minimum Gasteiger partial charge on any atom is -0.481 e. The highest BCUT2D eigenvalue weighted by molar-refractivity contribution is 6.33. The van der Waals surface area contributed by atoms with E-state index < -0.39 is 5.60 Å². The SMILES string of the molecule is NCCNc1cccc(F)c1-c1c(Cl)ccc2c1C[C@](CN)(c1ccccc1)O2.